The van der Waals surface area contributed by atoms with Crippen molar-refractivity contribution in [2.24, 2.45) is 5.11 Å². The van der Waals surface area contributed by atoms with Gasteiger partial charge in [-0.2, -0.15) is 0 Å². The first-order chi connectivity index (χ1) is 9.26. The van der Waals surface area contributed by atoms with Gasteiger partial charge in [0.15, 0.2) is 5.58 Å². The summed E-state index contributed by atoms with van der Waals surface area (Å²) >= 11 is 0. The van der Waals surface area contributed by atoms with Crippen LogP contribution in [-0.2, 0) is 0 Å². The molecule has 3 aromatic rings. The molecule has 92 valence electrons. The Hall–Kier alpha value is -2.78. The predicted molar refractivity (Wildman–Crippen MR) is 73.0 cm³/mol. The van der Waals surface area contributed by atoms with Gasteiger partial charge >= 0.3 is 0 Å². The van der Waals surface area contributed by atoms with Crippen molar-refractivity contribution in [2.45, 2.75) is 6.92 Å². The van der Waals surface area contributed by atoms with Gasteiger partial charge in [0.05, 0.1) is 0 Å². The predicted octanol–water partition coefficient (Wildman–Crippen LogP) is 4.75. The number of fused-ring (bicyclic) bond motifs is 1. The molecule has 0 N–H and O–H groups in total. The van der Waals surface area contributed by atoms with Crippen molar-refractivity contribution in [1.82, 2.24) is 4.98 Å². The second-order valence-corrected chi connectivity index (χ2v) is 4.23. The van der Waals surface area contributed by atoms with Crippen LogP contribution in [0.5, 0.6) is 0 Å². The number of benzene rings is 2. The number of aryl methyl sites for hydroxylation is 1. The molecule has 0 saturated carbocycles. The maximum atomic E-state index is 8.42. The van der Waals surface area contributed by atoms with Crippen LogP contribution in [0.2, 0.25) is 0 Å². The largest absolute Gasteiger partial charge is 0.436 e. The molecule has 0 saturated heterocycles. The first kappa shape index (κ1) is 11.3. The highest BCUT2D eigenvalue weighted by atomic mass is 16.3. The third-order valence-electron chi connectivity index (χ3n) is 2.83. The Bertz CT molecular complexity index is 783. The second-order valence-electron chi connectivity index (χ2n) is 4.23. The lowest BCUT2D eigenvalue weighted by Gasteiger charge is -1.95. The Balaban J connectivity index is 2.10. The highest BCUT2D eigenvalue weighted by Crippen LogP contribution is 2.27. The first-order valence-corrected chi connectivity index (χ1v) is 5.79. The normalized spacial score (nSPS) is 10.4. The van der Waals surface area contributed by atoms with Gasteiger partial charge < -0.3 is 4.42 Å². The monoisotopic (exact) mass is 250 g/mol. The number of hydrogen-bond donors (Lipinski definition) is 0. The van der Waals surface area contributed by atoms with Crippen LogP contribution >= 0.6 is 0 Å². The van der Waals surface area contributed by atoms with E-state index < -0.39 is 0 Å². The molecule has 0 radical (unpaired) electrons. The zero-order chi connectivity index (χ0) is 13.2. The molecule has 0 aliphatic rings. The molecular formula is C14H10N4O. The van der Waals surface area contributed by atoms with Gasteiger partial charge in [-0.3, -0.25) is 0 Å². The summed E-state index contributed by atoms with van der Waals surface area (Å²) in [5.74, 6) is 0.563. The van der Waals surface area contributed by atoms with Crippen molar-refractivity contribution in [3.05, 3.63) is 58.5 Å². The third-order valence-corrected chi connectivity index (χ3v) is 2.83. The molecule has 3 rings (SSSR count). The molecule has 0 spiro atoms. The lowest BCUT2D eigenvalue weighted by Crippen LogP contribution is -1.77. The van der Waals surface area contributed by atoms with Crippen LogP contribution in [0, 0.1) is 6.92 Å². The van der Waals surface area contributed by atoms with Crippen molar-refractivity contribution >= 4 is 16.8 Å². The summed E-state index contributed by atoms with van der Waals surface area (Å²) in [5.41, 5.74) is 12.4. The quantitative estimate of drug-likeness (QED) is 0.374. The minimum absolute atomic E-state index is 0.527. The third kappa shape index (κ3) is 2.14. The van der Waals surface area contributed by atoms with E-state index in [1.165, 1.54) is 5.56 Å². The molecule has 1 heterocycles. The van der Waals surface area contributed by atoms with Crippen molar-refractivity contribution < 1.29 is 4.42 Å². The van der Waals surface area contributed by atoms with Crippen LogP contribution in [0.1, 0.15) is 5.56 Å². The molecule has 0 atom stereocenters. The van der Waals surface area contributed by atoms with E-state index in [1.807, 2.05) is 31.2 Å². The summed E-state index contributed by atoms with van der Waals surface area (Å²) in [6.45, 7) is 2.03. The van der Waals surface area contributed by atoms with Crippen LogP contribution < -0.4 is 0 Å². The van der Waals surface area contributed by atoms with Crippen molar-refractivity contribution in [3.8, 4) is 11.5 Å². The maximum Gasteiger partial charge on any atom is 0.227 e. The van der Waals surface area contributed by atoms with Crippen LogP contribution in [0.15, 0.2) is 52.0 Å². The standard InChI is InChI=1S/C14H10N4O/c1-9-2-4-10(5-3-9)14-16-12-8-11(17-18-15)6-7-13(12)19-14/h2-8H,1H3. The van der Waals surface area contributed by atoms with Gasteiger partial charge in [0.1, 0.15) is 5.52 Å². The van der Waals surface area contributed by atoms with Gasteiger partial charge in [0.2, 0.25) is 5.89 Å². The van der Waals surface area contributed by atoms with Gasteiger partial charge in [-0.05, 0) is 42.8 Å². The molecule has 0 aliphatic heterocycles. The minimum Gasteiger partial charge on any atom is -0.436 e. The molecule has 0 fully saturated rings. The average molecular weight is 250 g/mol. The molecule has 0 aliphatic carbocycles. The summed E-state index contributed by atoms with van der Waals surface area (Å²) in [6.07, 6.45) is 0. The highest BCUT2D eigenvalue weighted by molar-refractivity contribution is 5.79. The van der Waals surface area contributed by atoms with Crippen molar-refractivity contribution in [3.63, 3.8) is 0 Å². The Morgan fingerprint density at radius 2 is 1.95 bits per heavy atom. The van der Waals surface area contributed by atoms with Crippen LogP contribution in [0.3, 0.4) is 0 Å². The van der Waals surface area contributed by atoms with E-state index in [1.54, 1.807) is 18.2 Å². The van der Waals surface area contributed by atoms with Gasteiger partial charge in [0.25, 0.3) is 0 Å². The molecule has 5 nitrogen and oxygen atoms in total. The summed E-state index contributed by atoms with van der Waals surface area (Å²) in [5, 5.41) is 3.55. The Morgan fingerprint density at radius 3 is 2.68 bits per heavy atom. The zero-order valence-corrected chi connectivity index (χ0v) is 10.2. The van der Waals surface area contributed by atoms with E-state index in [2.05, 4.69) is 15.0 Å². The molecule has 0 amide bonds. The summed E-state index contributed by atoms with van der Waals surface area (Å²) < 4.78 is 5.68. The molecular weight excluding hydrogens is 240 g/mol. The topological polar surface area (TPSA) is 74.8 Å². The molecule has 0 unspecified atom stereocenters. The Kier molecular flexibility index (Phi) is 2.67. The van der Waals surface area contributed by atoms with E-state index in [4.69, 9.17) is 9.95 Å². The SMILES string of the molecule is Cc1ccc(-c2nc3cc(N=[N+]=[N-])ccc3o2)cc1. The molecule has 0 bridgehead atoms. The van der Waals surface area contributed by atoms with Crippen LogP contribution in [0.25, 0.3) is 33.0 Å². The number of rotatable bonds is 2. The summed E-state index contributed by atoms with van der Waals surface area (Å²) in [6, 6.07) is 13.1. The van der Waals surface area contributed by atoms with Gasteiger partial charge in [-0.15, -0.1) is 0 Å². The van der Waals surface area contributed by atoms with Crippen LogP contribution in [0.4, 0.5) is 5.69 Å². The molecule has 5 heteroatoms. The maximum absolute atomic E-state index is 8.42. The van der Waals surface area contributed by atoms with E-state index >= 15 is 0 Å². The zero-order valence-electron chi connectivity index (χ0n) is 10.2. The summed E-state index contributed by atoms with van der Waals surface area (Å²) in [4.78, 5) is 7.16. The van der Waals surface area contributed by atoms with Crippen molar-refractivity contribution in [1.29, 1.82) is 0 Å². The second kappa shape index (κ2) is 4.48. The smallest absolute Gasteiger partial charge is 0.227 e. The fraction of sp³-hybridized carbons (Fsp3) is 0.0714. The lowest BCUT2D eigenvalue weighted by molar-refractivity contribution is 0.620. The lowest BCUT2D eigenvalue weighted by atomic mass is 10.1. The molecule has 2 aromatic carbocycles. The van der Waals surface area contributed by atoms with Gasteiger partial charge in [-0.25, -0.2) is 4.98 Å². The van der Waals surface area contributed by atoms with Gasteiger partial charge in [0, 0.05) is 16.2 Å². The number of nitrogens with zero attached hydrogens (tertiary/aromatic N) is 4. The Labute approximate surface area is 109 Å². The number of hydrogen-bond acceptors (Lipinski definition) is 3. The highest BCUT2D eigenvalue weighted by Gasteiger charge is 2.08. The van der Waals surface area contributed by atoms with Crippen LogP contribution in [-0.4, -0.2) is 4.98 Å². The van der Waals surface area contributed by atoms with E-state index in [0.717, 1.165) is 5.56 Å². The van der Waals surface area contributed by atoms with Crippen molar-refractivity contribution in [2.75, 3.05) is 0 Å². The molecule has 1 aromatic heterocycles. The van der Waals surface area contributed by atoms with E-state index in [9.17, 15) is 0 Å². The van der Waals surface area contributed by atoms with E-state index in [0.29, 0.717) is 22.7 Å². The minimum atomic E-state index is 0.527. The van der Waals surface area contributed by atoms with E-state index in [-0.39, 0.29) is 0 Å². The summed E-state index contributed by atoms with van der Waals surface area (Å²) in [7, 11) is 0. The fourth-order valence-corrected chi connectivity index (χ4v) is 1.85. The fourth-order valence-electron chi connectivity index (χ4n) is 1.85. The number of aromatic nitrogens is 1. The number of azide groups is 1. The van der Waals surface area contributed by atoms with Gasteiger partial charge in [-0.1, -0.05) is 22.8 Å². The molecule has 19 heavy (non-hydrogen) atoms. The Morgan fingerprint density at radius 1 is 1.16 bits per heavy atom. The average Bonchev–Trinajstić information content (AvgIpc) is 2.83. The number of oxazole rings is 1. The first-order valence-electron chi connectivity index (χ1n) is 5.79.